The topological polar surface area (TPSA) is 16.4 Å². The van der Waals surface area contributed by atoms with Gasteiger partial charge in [0.15, 0.2) is 0 Å². The van der Waals surface area contributed by atoms with Crippen LogP contribution in [-0.4, -0.2) is 12.1 Å². The number of benzene rings is 2. The zero-order chi connectivity index (χ0) is 14.8. The van der Waals surface area contributed by atoms with Gasteiger partial charge in [0.25, 0.3) is 0 Å². The molecule has 2 heteroatoms. The molecule has 0 amide bonds. The molecular formula is C20H21NO. The summed E-state index contributed by atoms with van der Waals surface area (Å²) >= 11 is 0. The zero-order valence-electron chi connectivity index (χ0n) is 13.2. The molecule has 3 aromatic rings. The van der Waals surface area contributed by atoms with Gasteiger partial charge in [0.2, 0.25) is 0 Å². The summed E-state index contributed by atoms with van der Waals surface area (Å²) in [5.74, 6) is 0.890. The number of furan rings is 1. The lowest BCUT2D eigenvalue weighted by Crippen LogP contribution is -2.39. The summed E-state index contributed by atoms with van der Waals surface area (Å²) in [7, 11) is 0. The number of nitrogens with zero attached hydrogens (tertiary/aromatic N) is 1. The van der Waals surface area contributed by atoms with Gasteiger partial charge in [-0.05, 0) is 62.8 Å². The molecule has 2 aromatic carbocycles. The minimum atomic E-state index is 0.674. The molecule has 2 aliphatic rings. The van der Waals surface area contributed by atoms with Gasteiger partial charge in [-0.25, -0.2) is 0 Å². The zero-order valence-corrected chi connectivity index (χ0v) is 13.2. The smallest absolute Gasteiger partial charge is 0.135 e. The summed E-state index contributed by atoms with van der Waals surface area (Å²) in [6, 6.07) is 14.4. The van der Waals surface area contributed by atoms with Crippen LogP contribution in [0.5, 0.6) is 0 Å². The molecule has 1 saturated carbocycles. The van der Waals surface area contributed by atoms with Gasteiger partial charge in [-0.1, -0.05) is 18.2 Å². The Bertz CT molecular complexity index is 876. The highest BCUT2D eigenvalue weighted by molar-refractivity contribution is 6.06. The van der Waals surface area contributed by atoms with E-state index in [0.717, 1.165) is 23.1 Å². The van der Waals surface area contributed by atoms with Crippen molar-refractivity contribution in [1.29, 1.82) is 0 Å². The maximum atomic E-state index is 6.02. The first-order valence-corrected chi connectivity index (χ1v) is 8.42. The van der Waals surface area contributed by atoms with E-state index in [2.05, 4.69) is 49.1 Å². The molecule has 1 aromatic heterocycles. The van der Waals surface area contributed by atoms with Crippen LogP contribution in [0.1, 0.15) is 31.7 Å². The van der Waals surface area contributed by atoms with E-state index in [4.69, 9.17) is 4.42 Å². The fourth-order valence-electron chi connectivity index (χ4n) is 4.80. The molecule has 0 N–H and O–H groups in total. The minimum absolute atomic E-state index is 0.674. The first kappa shape index (κ1) is 12.6. The Labute approximate surface area is 130 Å². The standard InChI is InChI=1S/C20H21NO/c1-12-9-20-17(16-5-3-4-6-19(16)22-20)11-18(12)21-13(2)14-7-8-15(21)10-14/h3-6,9,11,13-15H,7-8,10H2,1-2H3. The molecule has 22 heavy (non-hydrogen) atoms. The van der Waals surface area contributed by atoms with Crippen LogP contribution < -0.4 is 4.90 Å². The number of para-hydroxylation sites is 1. The Morgan fingerprint density at radius 2 is 1.91 bits per heavy atom. The van der Waals surface area contributed by atoms with Crippen molar-refractivity contribution in [1.82, 2.24) is 0 Å². The first-order chi connectivity index (χ1) is 10.7. The van der Waals surface area contributed by atoms with Gasteiger partial charge in [-0.3, -0.25) is 0 Å². The van der Waals surface area contributed by atoms with E-state index in [1.54, 1.807) is 0 Å². The normalized spacial score (nSPS) is 27.4. The summed E-state index contributed by atoms with van der Waals surface area (Å²) in [6.07, 6.45) is 4.15. The van der Waals surface area contributed by atoms with E-state index in [1.165, 1.54) is 41.3 Å². The predicted octanol–water partition coefficient (Wildman–Crippen LogP) is 5.27. The van der Waals surface area contributed by atoms with Gasteiger partial charge in [-0.15, -0.1) is 0 Å². The average Bonchev–Trinajstić information content (AvgIpc) is 3.19. The molecule has 1 aliphatic heterocycles. The largest absolute Gasteiger partial charge is 0.456 e. The van der Waals surface area contributed by atoms with E-state index in [9.17, 15) is 0 Å². The lowest BCUT2D eigenvalue weighted by Gasteiger charge is -2.36. The summed E-state index contributed by atoms with van der Waals surface area (Å²) in [5.41, 5.74) is 4.76. The van der Waals surface area contributed by atoms with Crippen molar-refractivity contribution in [2.45, 2.75) is 45.2 Å². The second kappa shape index (κ2) is 4.28. The number of hydrogen-bond donors (Lipinski definition) is 0. The Morgan fingerprint density at radius 1 is 1.05 bits per heavy atom. The van der Waals surface area contributed by atoms with Gasteiger partial charge in [0.1, 0.15) is 11.2 Å². The quantitative estimate of drug-likeness (QED) is 0.607. The van der Waals surface area contributed by atoms with Crippen LogP contribution in [0.15, 0.2) is 40.8 Å². The van der Waals surface area contributed by atoms with E-state index in [0.29, 0.717) is 6.04 Å². The minimum Gasteiger partial charge on any atom is -0.456 e. The van der Waals surface area contributed by atoms with Crippen molar-refractivity contribution >= 4 is 27.6 Å². The Kier molecular flexibility index (Phi) is 2.45. The van der Waals surface area contributed by atoms with E-state index >= 15 is 0 Å². The second-order valence-electron chi connectivity index (χ2n) is 7.11. The average molecular weight is 291 g/mol. The third kappa shape index (κ3) is 1.55. The van der Waals surface area contributed by atoms with Crippen molar-refractivity contribution in [3.63, 3.8) is 0 Å². The SMILES string of the molecule is Cc1cc2oc3ccccc3c2cc1N1C2CCC(C2)C1C. The van der Waals surface area contributed by atoms with E-state index < -0.39 is 0 Å². The van der Waals surface area contributed by atoms with Gasteiger partial charge < -0.3 is 9.32 Å². The van der Waals surface area contributed by atoms with Crippen molar-refractivity contribution in [3.8, 4) is 0 Å². The number of rotatable bonds is 1. The number of piperidine rings is 1. The van der Waals surface area contributed by atoms with Crippen LogP contribution in [0.4, 0.5) is 5.69 Å². The second-order valence-corrected chi connectivity index (χ2v) is 7.11. The van der Waals surface area contributed by atoms with Crippen LogP contribution in [0.3, 0.4) is 0 Å². The third-order valence-corrected chi connectivity index (χ3v) is 5.93. The number of anilines is 1. The van der Waals surface area contributed by atoms with E-state index in [1.807, 2.05) is 6.07 Å². The molecule has 5 rings (SSSR count). The highest BCUT2D eigenvalue weighted by atomic mass is 16.3. The molecule has 3 unspecified atom stereocenters. The van der Waals surface area contributed by atoms with Crippen LogP contribution in [0.2, 0.25) is 0 Å². The number of aryl methyl sites for hydroxylation is 1. The first-order valence-electron chi connectivity index (χ1n) is 8.42. The molecule has 2 heterocycles. The molecule has 1 saturated heterocycles. The fourth-order valence-corrected chi connectivity index (χ4v) is 4.80. The molecule has 2 fully saturated rings. The van der Waals surface area contributed by atoms with Crippen LogP contribution in [-0.2, 0) is 0 Å². The van der Waals surface area contributed by atoms with Crippen LogP contribution in [0, 0.1) is 12.8 Å². The molecular weight excluding hydrogens is 270 g/mol. The number of fused-ring (bicyclic) bond motifs is 5. The third-order valence-electron chi connectivity index (χ3n) is 5.93. The summed E-state index contributed by atoms with van der Waals surface area (Å²) in [4.78, 5) is 2.69. The molecule has 2 bridgehead atoms. The highest BCUT2D eigenvalue weighted by Crippen LogP contribution is 2.46. The Morgan fingerprint density at radius 3 is 2.73 bits per heavy atom. The van der Waals surface area contributed by atoms with Crippen LogP contribution >= 0.6 is 0 Å². The lowest BCUT2D eigenvalue weighted by atomic mass is 9.98. The van der Waals surface area contributed by atoms with Gasteiger partial charge in [0.05, 0.1) is 0 Å². The molecule has 2 nitrogen and oxygen atoms in total. The Balaban J connectivity index is 1.74. The monoisotopic (exact) mass is 291 g/mol. The lowest BCUT2D eigenvalue weighted by molar-refractivity contribution is 0.454. The van der Waals surface area contributed by atoms with Crippen molar-refractivity contribution < 1.29 is 4.42 Å². The molecule has 112 valence electrons. The predicted molar refractivity (Wildman–Crippen MR) is 91.5 cm³/mol. The van der Waals surface area contributed by atoms with Crippen molar-refractivity contribution in [3.05, 3.63) is 42.0 Å². The Hall–Kier alpha value is -1.96. The summed E-state index contributed by atoms with van der Waals surface area (Å²) < 4.78 is 6.02. The van der Waals surface area contributed by atoms with Gasteiger partial charge >= 0.3 is 0 Å². The fraction of sp³-hybridized carbons (Fsp3) is 0.400. The summed E-state index contributed by atoms with van der Waals surface area (Å²) in [5, 5.41) is 2.49. The maximum absolute atomic E-state index is 6.02. The van der Waals surface area contributed by atoms with Crippen molar-refractivity contribution in [2.24, 2.45) is 5.92 Å². The molecule has 0 radical (unpaired) electrons. The van der Waals surface area contributed by atoms with E-state index in [-0.39, 0.29) is 0 Å². The maximum Gasteiger partial charge on any atom is 0.135 e. The van der Waals surface area contributed by atoms with Gasteiger partial charge in [0, 0.05) is 28.5 Å². The molecule has 0 spiro atoms. The van der Waals surface area contributed by atoms with Gasteiger partial charge in [-0.2, -0.15) is 0 Å². The van der Waals surface area contributed by atoms with Crippen molar-refractivity contribution in [2.75, 3.05) is 4.90 Å². The molecule has 1 aliphatic carbocycles. The molecule has 3 atom stereocenters. The highest BCUT2D eigenvalue weighted by Gasteiger charge is 2.43. The van der Waals surface area contributed by atoms with Crippen LogP contribution in [0.25, 0.3) is 21.9 Å². The summed E-state index contributed by atoms with van der Waals surface area (Å²) in [6.45, 7) is 4.63. The number of hydrogen-bond acceptors (Lipinski definition) is 2.